The number of Topliss-reactive ketones (excluding diaryl/α,β-unsaturated/α-hetero) is 1. The maximum atomic E-state index is 12.1. The molecule has 3 nitrogen and oxygen atoms in total. The van der Waals surface area contributed by atoms with E-state index in [1.54, 1.807) is 0 Å². The van der Waals surface area contributed by atoms with Crippen molar-refractivity contribution in [3.63, 3.8) is 0 Å². The Bertz CT molecular complexity index is 409. The summed E-state index contributed by atoms with van der Waals surface area (Å²) in [5, 5.41) is 6.52. The number of nitrogens with zero attached hydrogens (tertiary/aromatic N) is 1. The maximum absolute atomic E-state index is 12.1. The second-order valence-electron chi connectivity index (χ2n) is 3.93. The molecule has 1 N–H and O–H groups in total. The summed E-state index contributed by atoms with van der Waals surface area (Å²) in [6.07, 6.45) is -1.92. The number of rotatable bonds is 2. The van der Waals surface area contributed by atoms with Crippen LogP contribution in [0, 0.1) is 0 Å². The third-order valence-corrected chi connectivity index (χ3v) is 2.79. The molecule has 1 aromatic heterocycles. The Balaban J connectivity index is 2.16. The first-order valence-electron chi connectivity index (χ1n) is 5.13. The molecule has 0 atom stereocenters. The average molecular weight is 232 g/mol. The molecule has 0 saturated carbocycles. The summed E-state index contributed by atoms with van der Waals surface area (Å²) in [4.78, 5) is 10.8. The smallest absolute Gasteiger partial charge is 0.289 e. The van der Waals surface area contributed by atoms with Crippen molar-refractivity contribution in [3.05, 3.63) is 17.0 Å². The zero-order valence-electron chi connectivity index (χ0n) is 8.52. The van der Waals surface area contributed by atoms with Crippen LogP contribution in [0.2, 0.25) is 0 Å². The molecule has 0 unspecified atom stereocenters. The molecule has 1 aromatic rings. The van der Waals surface area contributed by atoms with Crippen LogP contribution in [0.25, 0.3) is 0 Å². The van der Waals surface area contributed by atoms with E-state index in [0.717, 1.165) is 30.5 Å². The average Bonchev–Trinajstić information content (AvgIpc) is 2.61. The highest BCUT2D eigenvalue weighted by Crippen LogP contribution is 2.25. The minimum absolute atomic E-state index is 0.261. The Kier molecular flexibility index (Phi) is 2.73. The topological polar surface area (TPSA) is 45.8 Å². The van der Waals surface area contributed by atoms with E-state index in [0.29, 0.717) is 6.42 Å². The van der Waals surface area contributed by atoms with Gasteiger partial charge in [0, 0.05) is 5.69 Å². The molecule has 0 saturated heterocycles. The summed E-state index contributed by atoms with van der Waals surface area (Å²) >= 11 is 0. The number of carbonyl (C=O) groups is 1. The van der Waals surface area contributed by atoms with Crippen molar-refractivity contribution >= 4 is 5.78 Å². The molecule has 0 aliphatic heterocycles. The standard InChI is InChI=1S/C10H11F3N2O/c11-10(12,13)9(16)5-8-6-3-1-2-4-7(6)14-15-8/h1-5H2,(H,14,15). The lowest BCUT2D eigenvalue weighted by molar-refractivity contribution is -0.170. The van der Waals surface area contributed by atoms with Gasteiger partial charge in [-0.05, 0) is 31.2 Å². The van der Waals surface area contributed by atoms with Gasteiger partial charge in [-0.2, -0.15) is 18.3 Å². The van der Waals surface area contributed by atoms with Gasteiger partial charge in [0.2, 0.25) is 5.78 Å². The van der Waals surface area contributed by atoms with Gasteiger partial charge in [-0.25, -0.2) is 0 Å². The van der Waals surface area contributed by atoms with Crippen LogP contribution in [0.1, 0.15) is 29.8 Å². The minimum Gasteiger partial charge on any atom is -0.289 e. The zero-order chi connectivity index (χ0) is 11.8. The van der Waals surface area contributed by atoms with Crippen molar-refractivity contribution in [3.8, 4) is 0 Å². The van der Waals surface area contributed by atoms with Crippen LogP contribution in [0.4, 0.5) is 13.2 Å². The molecule has 0 spiro atoms. The summed E-state index contributed by atoms with van der Waals surface area (Å²) in [6, 6.07) is 0. The first-order valence-corrected chi connectivity index (χ1v) is 5.13. The number of carbonyl (C=O) groups excluding carboxylic acids is 1. The molecule has 0 aromatic carbocycles. The van der Waals surface area contributed by atoms with Crippen LogP contribution in [0.5, 0.6) is 0 Å². The zero-order valence-corrected chi connectivity index (χ0v) is 8.52. The van der Waals surface area contributed by atoms with Crippen molar-refractivity contribution in [2.75, 3.05) is 0 Å². The number of aromatic amines is 1. The van der Waals surface area contributed by atoms with Gasteiger partial charge >= 0.3 is 6.18 Å². The van der Waals surface area contributed by atoms with Crippen molar-refractivity contribution in [2.45, 2.75) is 38.3 Å². The van der Waals surface area contributed by atoms with E-state index in [1.165, 1.54) is 0 Å². The van der Waals surface area contributed by atoms with E-state index < -0.39 is 18.4 Å². The number of fused-ring (bicyclic) bond motifs is 1. The molecular weight excluding hydrogens is 221 g/mol. The van der Waals surface area contributed by atoms with E-state index in [-0.39, 0.29) is 5.69 Å². The van der Waals surface area contributed by atoms with E-state index >= 15 is 0 Å². The Morgan fingerprint density at radius 2 is 2.00 bits per heavy atom. The number of hydrogen-bond acceptors (Lipinski definition) is 2. The summed E-state index contributed by atoms with van der Waals surface area (Å²) < 4.78 is 36.3. The second kappa shape index (κ2) is 3.92. The van der Waals surface area contributed by atoms with Crippen molar-refractivity contribution < 1.29 is 18.0 Å². The fourth-order valence-electron chi connectivity index (χ4n) is 1.95. The molecule has 1 aliphatic carbocycles. The van der Waals surface area contributed by atoms with Gasteiger partial charge < -0.3 is 0 Å². The molecule has 2 rings (SSSR count). The van der Waals surface area contributed by atoms with Gasteiger partial charge in [-0.15, -0.1) is 0 Å². The molecule has 0 amide bonds. The fourth-order valence-corrected chi connectivity index (χ4v) is 1.95. The Labute approximate surface area is 90.0 Å². The predicted molar refractivity (Wildman–Crippen MR) is 50.0 cm³/mol. The van der Waals surface area contributed by atoms with Crippen LogP contribution in [-0.2, 0) is 24.1 Å². The number of hydrogen-bond donors (Lipinski definition) is 1. The minimum atomic E-state index is -4.76. The highest BCUT2D eigenvalue weighted by molar-refractivity contribution is 5.86. The second-order valence-corrected chi connectivity index (χ2v) is 3.93. The van der Waals surface area contributed by atoms with Gasteiger partial charge in [0.05, 0.1) is 12.1 Å². The quantitative estimate of drug-likeness (QED) is 0.847. The molecule has 1 heterocycles. The van der Waals surface area contributed by atoms with E-state index in [4.69, 9.17) is 0 Å². The first-order chi connectivity index (χ1) is 7.48. The maximum Gasteiger partial charge on any atom is 0.450 e. The van der Waals surface area contributed by atoms with Crippen LogP contribution in [0.15, 0.2) is 0 Å². The van der Waals surface area contributed by atoms with Crippen molar-refractivity contribution in [2.24, 2.45) is 0 Å². The number of halogens is 3. The monoisotopic (exact) mass is 232 g/mol. The lowest BCUT2D eigenvalue weighted by Crippen LogP contribution is -2.25. The summed E-state index contributed by atoms with van der Waals surface area (Å²) in [5.74, 6) is -1.73. The first kappa shape index (κ1) is 11.2. The molecule has 0 radical (unpaired) electrons. The van der Waals surface area contributed by atoms with Crippen LogP contribution >= 0.6 is 0 Å². The van der Waals surface area contributed by atoms with Gasteiger partial charge in [0.25, 0.3) is 0 Å². The van der Waals surface area contributed by atoms with Crippen LogP contribution in [0.3, 0.4) is 0 Å². The normalized spacial score (nSPS) is 15.9. The van der Waals surface area contributed by atoms with Gasteiger partial charge in [-0.1, -0.05) is 0 Å². The number of aryl methyl sites for hydroxylation is 1. The molecule has 88 valence electrons. The number of aromatic nitrogens is 2. The molecule has 1 aliphatic rings. The molecule has 0 fully saturated rings. The summed E-state index contributed by atoms with van der Waals surface area (Å²) in [5.41, 5.74) is 1.96. The molecular formula is C10H11F3N2O. The lowest BCUT2D eigenvalue weighted by atomic mass is 9.94. The SMILES string of the molecule is O=C(Cc1n[nH]c2c1CCCC2)C(F)(F)F. The number of H-pyrrole nitrogens is 1. The van der Waals surface area contributed by atoms with E-state index in [9.17, 15) is 18.0 Å². The Morgan fingerprint density at radius 3 is 2.69 bits per heavy atom. The molecule has 16 heavy (non-hydrogen) atoms. The van der Waals surface area contributed by atoms with E-state index in [1.807, 2.05) is 0 Å². The lowest BCUT2D eigenvalue weighted by Gasteiger charge is -2.11. The van der Waals surface area contributed by atoms with Crippen molar-refractivity contribution in [1.29, 1.82) is 0 Å². The highest BCUT2D eigenvalue weighted by atomic mass is 19.4. The third-order valence-electron chi connectivity index (χ3n) is 2.79. The summed E-state index contributed by atoms with van der Waals surface area (Å²) in [7, 11) is 0. The molecule has 6 heteroatoms. The third kappa shape index (κ3) is 2.10. The fraction of sp³-hybridized carbons (Fsp3) is 0.600. The van der Waals surface area contributed by atoms with E-state index in [2.05, 4.69) is 10.2 Å². The van der Waals surface area contributed by atoms with Gasteiger partial charge in [0.1, 0.15) is 0 Å². The number of nitrogens with one attached hydrogen (secondary N) is 1. The summed E-state index contributed by atoms with van der Waals surface area (Å²) in [6.45, 7) is 0. The van der Waals surface area contributed by atoms with Crippen molar-refractivity contribution in [1.82, 2.24) is 10.2 Å². The molecule has 0 bridgehead atoms. The van der Waals surface area contributed by atoms with Gasteiger partial charge in [-0.3, -0.25) is 9.89 Å². The predicted octanol–water partition coefficient (Wildman–Crippen LogP) is 1.96. The highest BCUT2D eigenvalue weighted by Gasteiger charge is 2.38. The number of ketones is 1. The largest absolute Gasteiger partial charge is 0.450 e. The Morgan fingerprint density at radius 1 is 1.31 bits per heavy atom. The number of alkyl halides is 3. The Hall–Kier alpha value is -1.33. The van der Waals surface area contributed by atoms with Crippen LogP contribution < -0.4 is 0 Å². The van der Waals surface area contributed by atoms with Crippen LogP contribution in [-0.4, -0.2) is 22.2 Å². The van der Waals surface area contributed by atoms with Gasteiger partial charge in [0.15, 0.2) is 0 Å².